The van der Waals surface area contributed by atoms with Gasteiger partial charge in [-0.25, -0.2) is 4.79 Å². The number of benzene rings is 1. The fourth-order valence-electron chi connectivity index (χ4n) is 2.31. The van der Waals surface area contributed by atoms with Gasteiger partial charge < -0.3 is 9.47 Å². The fourth-order valence-corrected chi connectivity index (χ4v) is 2.31. The van der Waals surface area contributed by atoms with Crippen LogP contribution in [-0.2, 0) is 9.53 Å². The van der Waals surface area contributed by atoms with Crippen LogP contribution >= 0.6 is 0 Å². The molecule has 1 aromatic rings. The van der Waals surface area contributed by atoms with E-state index in [2.05, 4.69) is 5.32 Å². The van der Waals surface area contributed by atoms with E-state index in [-0.39, 0.29) is 12.6 Å². The van der Waals surface area contributed by atoms with E-state index in [0.717, 1.165) is 29.7 Å². The molecule has 0 spiro atoms. The molecule has 4 nitrogen and oxygen atoms in total. The predicted molar refractivity (Wildman–Crippen MR) is 78.0 cm³/mol. The Bertz CT molecular complexity index is 476. The summed E-state index contributed by atoms with van der Waals surface area (Å²) in [6.45, 7) is 6.12. The Morgan fingerprint density at radius 2 is 1.95 bits per heavy atom. The summed E-state index contributed by atoms with van der Waals surface area (Å²) in [7, 11) is 1.41. The molecule has 0 radical (unpaired) electrons. The van der Waals surface area contributed by atoms with Crippen molar-refractivity contribution in [2.75, 3.05) is 13.7 Å². The number of carbonyl (C=O) groups excluding carboxylic acids is 1. The number of aryl methyl sites for hydroxylation is 2. The molecule has 2 rings (SSSR count). The smallest absolute Gasteiger partial charge is 0.329 e. The molecular formula is C16H23NO3. The number of carbonyl (C=O) groups is 1. The van der Waals surface area contributed by atoms with Gasteiger partial charge in [-0.3, -0.25) is 5.32 Å². The van der Waals surface area contributed by atoms with Crippen molar-refractivity contribution in [2.24, 2.45) is 0 Å². The lowest BCUT2D eigenvalue weighted by Gasteiger charge is -2.28. The van der Waals surface area contributed by atoms with Gasteiger partial charge in [-0.1, -0.05) is 18.2 Å². The van der Waals surface area contributed by atoms with Crippen LogP contribution in [0.4, 0.5) is 0 Å². The first-order valence-electron chi connectivity index (χ1n) is 7.01. The van der Waals surface area contributed by atoms with Crippen LogP contribution in [-0.4, -0.2) is 31.3 Å². The topological polar surface area (TPSA) is 47.6 Å². The Kier molecular flexibility index (Phi) is 4.33. The summed E-state index contributed by atoms with van der Waals surface area (Å²) in [6, 6.07) is 6.42. The van der Waals surface area contributed by atoms with Crippen LogP contribution in [0.2, 0.25) is 0 Å². The third kappa shape index (κ3) is 3.31. The van der Waals surface area contributed by atoms with E-state index in [4.69, 9.17) is 9.47 Å². The maximum absolute atomic E-state index is 12.0. The van der Waals surface area contributed by atoms with Crippen molar-refractivity contribution in [2.45, 2.75) is 45.2 Å². The summed E-state index contributed by atoms with van der Waals surface area (Å²) in [5.41, 5.74) is 1.34. The second-order valence-electron chi connectivity index (χ2n) is 5.75. The van der Waals surface area contributed by atoms with E-state index in [9.17, 15) is 4.79 Å². The minimum atomic E-state index is -0.801. The second-order valence-corrected chi connectivity index (χ2v) is 5.75. The van der Waals surface area contributed by atoms with Gasteiger partial charge in [0.2, 0.25) is 0 Å². The molecule has 1 N–H and O–H groups in total. The summed E-state index contributed by atoms with van der Waals surface area (Å²) >= 11 is 0. The standard InChI is InChI=1S/C16H23NO3/c1-11-6-5-7-12(2)14(11)20-10-16(3,15(18)19-4)17-13-8-9-13/h5-7,13,17H,8-10H2,1-4H3. The average Bonchev–Trinajstić information content (AvgIpc) is 3.21. The number of nitrogens with one attached hydrogen (secondary N) is 1. The molecule has 1 fully saturated rings. The largest absolute Gasteiger partial charge is 0.490 e. The molecule has 0 amide bonds. The molecular weight excluding hydrogens is 254 g/mol. The third-order valence-corrected chi connectivity index (χ3v) is 3.65. The molecule has 0 aliphatic heterocycles. The maximum atomic E-state index is 12.0. The first kappa shape index (κ1) is 14.9. The molecule has 1 atom stereocenters. The number of rotatable bonds is 6. The number of hydrogen-bond acceptors (Lipinski definition) is 4. The van der Waals surface area contributed by atoms with Crippen LogP contribution in [0.15, 0.2) is 18.2 Å². The van der Waals surface area contributed by atoms with Gasteiger partial charge in [0, 0.05) is 6.04 Å². The Hall–Kier alpha value is -1.55. The molecule has 1 aromatic carbocycles. The van der Waals surface area contributed by atoms with Crippen LogP contribution in [0, 0.1) is 13.8 Å². The molecule has 0 heterocycles. The minimum absolute atomic E-state index is 0.266. The summed E-state index contributed by atoms with van der Waals surface area (Å²) in [4.78, 5) is 12.0. The van der Waals surface area contributed by atoms with Gasteiger partial charge in [0.25, 0.3) is 0 Å². The number of hydrogen-bond donors (Lipinski definition) is 1. The number of esters is 1. The predicted octanol–water partition coefficient (Wildman–Crippen LogP) is 2.37. The molecule has 1 aliphatic rings. The first-order valence-corrected chi connectivity index (χ1v) is 7.01. The Morgan fingerprint density at radius 3 is 2.45 bits per heavy atom. The van der Waals surface area contributed by atoms with E-state index < -0.39 is 5.54 Å². The van der Waals surface area contributed by atoms with Gasteiger partial charge in [0.1, 0.15) is 17.9 Å². The highest BCUT2D eigenvalue weighted by Crippen LogP contribution is 2.26. The number of methoxy groups -OCH3 is 1. The van der Waals surface area contributed by atoms with Gasteiger partial charge in [0.15, 0.2) is 0 Å². The van der Waals surface area contributed by atoms with Crippen molar-refractivity contribution in [3.63, 3.8) is 0 Å². The lowest BCUT2D eigenvalue weighted by atomic mass is 10.0. The van der Waals surface area contributed by atoms with Gasteiger partial charge in [0.05, 0.1) is 7.11 Å². The van der Waals surface area contributed by atoms with E-state index in [1.54, 1.807) is 0 Å². The van der Waals surface area contributed by atoms with Gasteiger partial charge >= 0.3 is 5.97 Å². The molecule has 0 saturated heterocycles. The number of para-hydroxylation sites is 1. The van der Waals surface area contributed by atoms with Crippen LogP contribution in [0.25, 0.3) is 0 Å². The number of ether oxygens (including phenoxy) is 2. The molecule has 20 heavy (non-hydrogen) atoms. The van der Waals surface area contributed by atoms with Crippen LogP contribution in [0.3, 0.4) is 0 Å². The average molecular weight is 277 g/mol. The zero-order valence-electron chi connectivity index (χ0n) is 12.7. The van der Waals surface area contributed by atoms with Crippen molar-refractivity contribution in [3.8, 4) is 5.75 Å². The van der Waals surface area contributed by atoms with E-state index >= 15 is 0 Å². The minimum Gasteiger partial charge on any atom is -0.490 e. The third-order valence-electron chi connectivity index (χ3n) is 3.65. The van der Waals surface area contributed by atoms with Crippen LogP contribution in [0.5, 0.6) is 5.75 Å². The monoisotopic (exact) mass is 277 g/mol. The molecule has 0 aromatic heterocycles. The molecule has 1 unspecified atom stereocenters. The fraction of sp³-hybridized carbons (Fsp3) is 0.562. The van der Waals surface area contributed by atoms with Crippen molar-refractivity contribution in [1.82, 2.24) is 5.32 Å². The lowest BCUT2D eigenvalue weighted by Crippen LogP contribution is -2.55. The van der Waals surface area contributed by atoms with Crippen molar-refractivity contribution >= 4 is 5.97 Å². The van der Waals surface area contributed by atoms with Crippen LogP contribution < -0.4 is 10.1 Å². The van der Waals surface area contributed by atoms with Crippen molar-refractivity contribution in [3.05, 3.63) is 29.3 Å². The highest BCUT2D eigenvalue weighted by molar-refractivity contribution is 5.80. The Morgan fingerprint density at radius 1 is 1.35 bits per heavy atom. The lowest BCUT2D eigenvalue weighted by molar-refractivity contribution is -0.149. The van der Waals surface area contributed by atoms with Gasteiger partial charge in [-0.2, -0.15) is 0 Å². The van der Waals surface area contributed by atoms with Crippen LogP contribution in [0.1, 0.15) is 30.9 Å². The molecule has 4 heteroatoms. The highest BCUT2D eigenvalue weighted by atomic mass is 16.5. The Balaban J connectivity index is 2.10. The normalized spacial score (nSPS) is 17.4. The first-order chi connectivity index (χ1) is 9.46. The SMILES string of the molecule is COC(=O)C(C)(COc1c(C)cccc1C)NC1CC1. The Labute approximate surface area is 120 Å². The van der Waals surface area contributed by atoms with E-state index in [1.165, 1.54) is 7.11 Å². The second kappa shape index (κ2) is 5.83. The van der Waals surface area contributed by atoms with Crippen molar-refractivity contribution in [1.29, 1.82) is 0 Å². The molecule has 1 saturated carbocycles. The summed E-state index contributed by atoms with van der Waals surface area (Å²) in [5.74, 6) is 0.566. The molecule has 1 aliphatic carbocycles. The van der Waals surface area contributed by atoms with Gasteiger partial charge in [-0.05, 0) is 44.7 Å². The zero-order valence-corrected chi connectivity index (χ0v) is 12.7. The van der Waals surface area contributed by atoms with Crippen molar-refractivity contribution < 1.29 is 14.3 Å². The highest BCUT2D eigenvalue weighted by Gasteiger charge is 2.40. The molecule has 0 bridgehead atoms. The summed E-state index contributed by atoms with van der Waals surface area (Å²) in [6.07, 6.45) is 2.21. The van der Waals surface area contributed by atoms with E-state index in [1.807, 2.05) is 39.0 Å². The molecule has 110 valence electrons. The summed E-state index contributed by atoms with van der Waals surface area (Å²) < 4.78 is 10.8. The van der Waals surface area contributed by atoms with Gasteiger partial charge in [-0.15, -0.1) is 0 Å². The van der Waals surface area contributed by atoms with E-state index in [0.29, 0.717) is 6.04 Å². The maximum Gasteiger partial charge on any atom is 0.329 e. The quantitative estimate of drug-likeness (QED) is 0.811. The zero-order chi connectivity index (χ0) is 14.8. The summed E-state index contributed by atoms with van der Waals surface area (Å²) in [5, 5.41) is 3.33.